The lowest BCUT2D eigenvalue weighted by molar-refractivity contribution is 0.414. The van der Waals surface area contributed by atoms with Crippen molar-refractivity contribution in [2.24, 2.45) is 0 Å². The van der Waals surface area contributed by atoms with Crippen LogP contribution in [0.15, 0.2) is 24.3 Å². The highest BCUT2D eigenvalue weighted by atomic mass is 35.5. The molecule has 0 fully saturated rings. The third-order valence-electron chi connectivity index (χ3n) is 2.69. The number of aromatic nitrogens is 3. The first-order chi connectivity index (χ1) is 9.71. The van der Waals surface area contributed by atoms with Crippen molar-refractivity contribution in [1.29, 1.82) is 0 Å². The average molecular weight is 294 g/mol. The number of nitrogens with zero attached hydrogens (tertiary/aromatic N) is 3. The molecule has 0 radical (unpaired) electrons. The van der Waals surface area contributed by atoms with E-state index in [9.17, 15) is 0 Å². The lowest BCUT2D eigenvalue weighted by Gasteiger charge is -2.07. The van der Waals surface area contributed by atoms with Gasteiger partial charge in [0.1, 0.15) is 5.75 Å². The Hall–Kier alpha value is -2.08. The number of ether oxygens (including phenoxy) is 1. The first kappa shape index (κ1) is 14.3. The third-order valence-corrected chi connectivity index (χ3v) is 2.86. The van der Waals surface area contributed by atoms with Crippen LogP contribution in [0.3, 0.4) is 0 Å². The molecule has 0 spiro atoms. The second-order valence-corrected chi connectivity index (χ2v) is 4.36. The molecule has 106 valence electrons. The van der Waals surface area contributed by atoms with Crippen LogP contribution in [0.25, 0.3) is 0 Å². The van der Waals surface area contributed by atoms with E-state index in [0.29, 0.717) is 18.4 Å². The van der Waals surface area contributed by atoms with Crippen LogP contribution in [0.4, 0.5) is 11.9 Å². The number of anilines is 2. The van der Waals surface area contributed by atoms with E-state index in [4.69, 9.17) is 16.3 Å². The Balaban J connectivity index is 1.90. The number of nitrogens with one attached hydrogen (secondary N) is 2. The van der Waals surface area contributed by atoms with E-state index in [2.05, 4.69) is 25.6 Å². The fourth-order valence-electron chi connectivity index (χ4n) is 1.65. The van der Waals surface area contributed by atoms with Gasteiger partial charge >= 0.3 is 0 Å². The van der Waals surface area contributed by atoms with Crippen molar-refractivity contribution in [1.82, 2.24) is 15.0 Å². The zero-order valence-corrected chi connectivity index (χ0v) is 12.1. The lowest BCUT2D eigenvalue weighted by Crippen LogP contribution is -2.10. The second kappa shape index (κ2) is 6.91. The highest BCUT2D eigenvalue weighted by molar-refractivity contribution is 6.28. The molecule has 1 aromatic heterocycles. The zero-order valence-electron chi connectivity index (χ0n) is 11.4. The van der Waals surface area contributed by atoms with Gasteiger partial charge in [0.2, 0.25) is 17.2 Å². The molecule has 20 heavy (non-hydrogen) atoms. The van der Waals surface area contributed by atoms with Crippen LogP contribution < -0.4 is 15.4 Å². The minimum atomic E-state index is 0.163. The minimum absolute atomic E-state index is 0.163. The predicted octanol–water partition coefficient (Wildman–Crippen LogP) is 2.23. The molecule has 7 heteroatoms. The summed E-state index contributed by atoms with van der Waals surface area (Å²) in [5, 5.41) is 6.11. The first-order valence-corrected chi connectivity index (χ1v) is 6.55. The minimum Gasteiger partial charge on any atom is -0.497 e. The molecule has 2 aromatic rings. The fraction of sp³-hybridized carbons (Fsp3) is 0.308. The van der Waals surface area contributed by atoms with E-state index < -0.39 is 0 Å². The standard InChI is InChI=1S/C13H16ClN5O/c1-15-12-17-11(14)18-13(19-12)16-8-7-9-3-5-10(20-2)6-4-9/h3-6H,7-8H2,1-2H3,(H2,15,16,17,18,19). The van der Waals surface area contributed by atoms with Gasteiger partial charge in [0.15, 0.2) is 0 Å². The molecular weight excluding hydrogens is 278 g/mol. The van der Waals surface area contributed by atoms with Crippen molar-refractivity contribution >= 4 is 23.5 Å². The molecule has 0 aliphatic rings. The average Bonchev–Trinajstić information content (AvgIpc) is 2.47. The largest absolute Gasteiger partial charge is 0.497 e. The van der Waals surface area contributed by atoms with Crippen LogP contribution >= 0.6 is 11.6 Å². The number of benzene rings is 1. The summed E-state index contributed by atoms with van der Waals surface area (Å²) in [5.41, 5.74) is 1.20. The van der Waals surface area contributed by atoms with E-state index in [1.807, 2.05) is 24.3 Å². The zero-order chi connectivity index (χ0) is 14.4. The molecule has 1 aromatic carbocycles. The van der Waals surface area contributed by atoms with Crippen molar-refractivity contribution in [3.05, 3.63) is 35.1 Å². The van der Waals surface area contributed by atoms with Crippen LogP contribution in [-0.4, -0.2) is 35.7 Å². The smallest absolute Gasteiger partial charge is 0.228 e. The van der Waals surface area contributed by atoms with Gasteiger partial charge in [0, 0.05) is 13.6 Å². The van der Waals surface area contributed by atoms with E-state index in [1.54, 1.807) is 14.2 Å². The van der Waals surface area contributed by atoms with Gasteiger partial charge < -0.3 is 15.4 Å². The molecular formula is C13H16ClN5O. The Morgan fingerprint density at radius 2 is 1.80 bits per heavy atom. The van der Waals surface area contributed by atoms with Crippen molar-refractivity contribution in [3.63, 3.8) is 0 Å². The third kappa shape index (κ3) is 3.96. The molecule has 0 aliphatic carbocycles. The van der Waals surface area contributed by atoms with Crippen molar-refractivity contribution in [2.45, 2.75) is 6.42 Å². The van der Waals surface area contributed by atoms with Gasteiger partial charge in [-0.25, -0.2) is 0 Å². The summed E-state index contributed by atoms with van der Waals surface area (Å²) in [6.45, 7) is 0.704. The Kier molecular flexibility index (Phi) is 4.95. The molecule has 0 unspecified atom stereocenters. The Labute approximate surface area is 122 Å². The van der Waals surface area contributed by atoms with Gasteiger partial charge in [0.05, 0.1) is 7.11 Å². The molecule has 1 heterocycles. The van der Waals surface area contributed by atoms with Gasteiger partial charge in [-0.15, -0.1) is 0 Å². The number of hydrogen-bond acceptors (Lipinski definition) is 6. The molecule has 0 atom stereocenters. The molecule has 0 aliphatic heterocycles. The van der Waals surface area contributed by atoms with Crippen molar-refractivity contribution in [2.75, 3.05) is 31.3 Å². The topological polar surface area (TPSA) is 72.0 Å². The molecule has 2 N–H and O–H groups in total. The first-order valence-electron chi connectivity index (χ1n) is 6.17. The predicted molar refractivity (Wildman–Crippen MR) is 79.6 cm³/mol. The van der Waals surface area contributed by atoms with Crippen LogP contribution in [0.2, 0.25) is 5.28 Å². The molecule has 0 amide bonds. The molecule has 0 saturated carbocycles. The molecule has 0 bridgehead atoms. The highest BCUT2D eigenvalue weighted by Crippen LogP contribution is 2.12. The summed E-state index contributed by atoms with van der Waals surface area (Å²) in [6.07, 6.45) is 0.849. The van der Waals surface area contributed by atoms with E-state index in [1.165, 1.54) is 5.56 Å². The Morgan fingerprint density at radius 3 is 2.45 bits per heavy atom. The molecule has 2 rings (SSSR count). The van der Waals surface area contributed by atoms with Gasteiger partial charge in [-0.2, -0.15) is 15.0 Å². The maximum atomic E-state index is 5.80. The fourth-order valence-corrected chi connectivity index (χ4v) is 1.81. The molecule has 0 saturated heterocycles. The van der Waals surface area contributed by atoms with Crippen molar-refractivity contribution in [3.8, 4) is 5.75 Å². The quantitative estimate of drug-likeness (QED) is 0.851. The van der Waals surface area contributed by atoms with Crippen LogP contribution in [0.1, 0.15) is 5.56 Å². The van der Waals surface area contributed by atoms with Gasteiger partial charge in [-0.05, 0) is 35.7 Å². The number of hydrogen-bond donors (Lipinski definition) is 2. The van der Waals surface area contributed by atoms with Crippen molar-refractivity contribution < 1.29 is 4.74 Å². The lowest BCUT2D eigenvalue weighted by atomic mass is 10.1. The number of rotatable bonds is 6. The molecule has 6 nitrogen and oxygen atoms in total. The summed E-state index contributed by atoms with van der Waals surface area (Å²) in [6, 6.07) is 7.93. The monoisotopic (exact) mass is 293 g/mol. The van der Waals surface area contributed by atoms with Crippen LogP contribution in [0.5, 0.6) is 5.75 Å². The van der Waals surface area contributed by atoms with E-state index in [0.717, 1.165) is 12.2 Å². The van der Waals surface area contributed by atoms with Crippen LogP contribution in [-0.2, 0) is 6.42 Å². The Morgan fingerprint density at radius 1 is 1.10 bits per heavy atom. The number of halogens is 1. The van der Waals surface area contributed by atoms with E-state index >= 15 is 0 Å². The van der Waals surface area contributed by atoms with Crippen LogP contribution in [0, 0.1) is 0 Å². The summed E-state index contributed by atoms with van der Waals surface area (Å²) in [4.78, 5) is 12.1. The summed E-state index contributed by atoms with van der Waals surface area (Å²) < 4.78 is 5.12. The Bertz CT molecular complexity index is 561. The highest BCUT2D eigenvalue weighted by Gasteiger charge is 2.03. The summed E-state index contributed by atoms with van der Waals surface area (Å²) in [7, 11) is 3.38. The van der Waals surface area contributed by atoms with Gasteiger partial charge in [-0.3, -0.25) is 0 Å². The van der Waals surface area contributed by atoms with Gasteiger partial charge in [0.25, 0.3) is 0 Å². The maximum absolute atomic E-state index is 5.80. The normalized spacial score (nSPS) is 10.2. The summed E-state index contributed by atoms with van der Waals surface area (Å²) >= 11 is 5.80. The van der Waals surface area contributed by atoms with Gasteiger partial charge in [-0.1, -0.05) is 12.1 Å². The summed E-state index contributed by atoms with van der Waals surface area (Å²) in [5.74, 6) is 1.75. The maximum Gasteiger partial charge on any atom is 0.228 e. The van der Waals surface area contributed by atoms with E-state index in [-0.39, 0.29) is 5.28 Å². The number of methoxy groups -OCH3 is 1. The second-order valence-electron chi connectivity index (χ2n) is 4.03. The SMILES string of the molecule is CNc1nc(Cl)nc(NCCc2ccc(OC)cc2)n1.